The monoisotopic (exact) mass is 375 g/mol. The second-order valence-corrected chi connectivity index (χ2v) is 9.61. The smallest absolute Gasteiger partial charge is 0.243 e. The molecule has 24 heavy (non-hydrogen) atoms. The van der Waals surface area contributed by atoms with Crippen molar-refractivity contribution >= 4 is 20.0 Å². The summed E-state index contributed by atoms with van der Waals surface area (Å²) in [5.74, 6) is 0. The molecule has 1 saturated heterocycles. The fourth-order valence-corrected chi connectivity index (χ4v) is 5.63. The average Bonchev–Trinajstić information content (AvgIpc) is 2.56. The standard InChI is InChI=1S/C15H25N3O4S2/c1-13-6-7-14(24(21,22)18-10-3-2-4-11-18)12-15(13)23(19,20)17-9-5-8-16/h6-7,12,17H,2-5,8-11,16H2,1H3. The lowest BCUT2D eigenvalue weighted by Crippen LogP contribution is -2.35. The fraction of sp³-hybridized carbons (Fsp3) is 0.600. The normalized spacial score (nSPS) is 17.1. The number of hydrogen-bond acceptors (Lipinski definition) is 5. The van der Waals surface area contributed by atoms with Crippen LogP contribution in [0.4, 0.5) is 0 Å². The second kappa shape index (κ2) is 7.92. The molecule has 1 aromatic rings. The number of hydrogen-bond donors (Lipinski definition) is 2. The van der Waals surface area contributed by atoms with Crippen molar-refractivity contribution in [1.82, 2.24) is 9.03 Å². The summed E-state index contributed by atoms with van der Waals surface area (Å²) in [5, 5.41) is 0. The number of piperidine rings is 1. The molecule has 0 radical (unpaired) electrons. The molecule has 1 fully saturated rings. The zero-order valence-electron chi connectivity index (χ0n) is 13.9. The second-order valence-electron chi connectivity index (χ2n) is 5.93. The summed E-state index contributed by atoms with van der Waals surface area (Å²) in [6.07, 6.45) is 3.20. The number of aryl methyl sites for hydroxylation is 1. The molecule has 2 rings (SSSR count). The van der Waals surface area contributed by atoms with Crippen molar-refractivity contribution in [2.75, 3.05) is 26.2 Å². The zero-order chi connectivity index (χ0) is 17.8. The summed E-state index contributed by atoms with van der Waals surface area (Å²) in [5.41, 5.74) is 5.88. The molecule has 1 aliphatic heterocycles. The van der Waals surface area contributed by atoms with Gasteiger partial charge in [0.15, 0.2) is 0 Å². The van der Waals surface area contributed by atoms with E-state index in [1.165, 1.54) is 22.5 Å². The van der Waals surface area contributed by atoms with Gasteiger partial charge < -0.3 is 5.73 Å². The van der Waals surface area contributed by atoms with Crippen LogP contribution in [0.2, 0.25) is 0 Å². The van der Waals surface area contributed by atoms with Crippen molar-refractivity contribution in [3.05, 3.63) is 23.8 Å². The first-order valence-electron chi connectivity index (χ1n) is 8.09. The van der Waals surface area contributed by atoms with Gasteiger partial charge in [0, 0.05) is 19.6 Å². The summed E-state index contributed by atoms with van der Waals surface area (Å²) < 4.78 is 54.2. The molecule has 9 heteroatoms. The van der Waals surface area contributed by atoms with E-state index in [4.69, 9.17) is 5.73 Å². The summed E-state index contributed by atoms with van der Waals surface area (Å²) >= 11 is 0. The maximum Gasteiger partial charge on any atom is 0.243 e. The van der Waals surface area contributed by atoms with Crippen molar-refractivity contribution in [3.8, 4) is 0 Å². The van der Waals surface area contributed by atoms with Crippen LogP contribution in [0, 0.1) is 6.92 Å². The molecule has 0 bridgehead atoms. The van der Waals surface area contributed by atoms with E-state index in [2.05, 4.69) is 4.72 Å². The van der Waals surface area contributed by atoms with Gasteiger partial charge in [-0.2, -0.15) is 4.31 Å². The molecule has 1 aliphatic rings. The van der Waals surface area contributed by atoms with Crippen LogP contribution in [0.25, 0.3) is 0 Å². The average molecular weight is 376 g/mol. The quantitative estimate of drug-likeness (QED) is 0.685. The van der Waals surface area contributed by atoms with Crippen molar-refractivity contribution in [3.63, 3.8) is 0 Å². The third-order valence-corrected chi connectivity index (χ3v) is 7.57. The summed E-state index contributed by atoms with van der Waals surface area (Å²) in [7, 11) is -7.43. The first-order valence-corrected chi connectivity index (χ1v) is 11.0. The molecule has 0 spiro atoms. The van der Waals surface area contributed by atoms with E-state index in [1.807, 2.05) is 0 Å². The molecule has 136 valence electrons. The van der Waals surface area contributed by atoms with Crippen molar-refractivity contribution in [2.45, 2.75) is 42.4 Å². The molecular weight excluding hydrogens is 350 g/mol. The van der Waals surface area contributed by atoms with Gasteiger partial charge in [-0.15, -0.1) is 0 Å². The van der Waals surface area contributed by atoms with E-state index < -0.39 is 20.0 Å². The predicted octanol–water partition coefficient (Wildman–Crippen LogP) is 0.797. The van der Waals surface area contributed by atoms with Crippen molar-refractivity contribution in [1.29, 1.82) is 0 Å². The molecule has 3 N–H and O–H groups in total. The Morgan fingerprint density at radius 1 is 1.12 bits per heavy atom. The molecule has 1 heterocycles. The number of nitrogens with two attached hydrogens (primary N) is 1. The fourth-order valence-electron chi connectivity index (χ4n) is 2.67. The lowest BCUT2D eigenvalue weighted by molar-refractivity contribution is 0.346. The van der Waals surface area contributed by atoms with E-state index in [9.17, 15) is 16.8 Å². The molecule has 0 aromatic heterocycles. The van der Waals surface area contributed by atoms with Crippen LogP contribution in [0.3, 0.4) is 0 Å². The number of nitrogens with one attached hydrogen (secondary N) is 1. The minimum absolute atomic E-state index is 0.00222. The number of sulfonamides is 2. The van der Waals surface area contributed by atoms with Gasteiger partial charge in [0.05, 0.1) is 9.79 Å². The maximum atomic E-state index is 12.7. The molecule has 0 atom stereocenters. The Bertz CT molecular complexity index is 770. The lowest BCUT2D eigenvalue weighted by Gasteiger charge is -2.26. The SMILES string of the molecule is Cc1ccc(S(=O)(=O)N2CCCCC2)cc1S(=O)(=O)NCCCN. The van der Waals surface area contributed by atoms with E-state index in [-0.39, 0.29) is 16.3 Å². The molecule has 0 saturated carbocycles. The van der Waals surface area contributed by atoms with Gasteiger partial charge in [-0.1, -0.05) is 12.5 Å². The highest BCUT2D eigenvalue weighted by Crippen LogP contribution is 2.24. The van der Waals surface area contributed by atoms with Crippen LogP contribution in [-0.2, 0) is 20.0 Å². The van der Waals surface area contributed by atoms with E-state index in [1.54, 1.807) is 6.92 Å². The van der Waals surface area contributed by atoms with Gasteiger partial charge in [-0.25, -0.2) is 21.6 Å². The molecular formula is C15H25N3O4S2. The van der Waals surface area contributed by atoms with E-state index in [0.717, 1.165) is 19.3 Å². The van der Waals surface area contributed by atoms with E-state index >= 15 is 0 Å². The molecule has 0 unspecified atom stereocenters. The van der Waals surface area contributed by atoms with Gasteiger partial charge >= 0.3 is 0 Å². The van der Waals surface area contributed by atoms with Crippen LogP contribution in [-0.4, -0.2) is 47.3 Å². The van der Waals surface area contributed by atoms with Gasteiger partial charge in [0.1, 0.15) is 0 Å². The minimum atomic E-state index is -3.77. The third kappa shape index (κ3) is 4.34. The first-order chi connectivity index (χ1) is 11.3. The van der Waals surface area contributed by atoms with Crippen LogP contribution in [0.5, 0.6) is 0 Å². The number of nitrogens with zero attached hydrogens (tertiary/aromatic N) is 1. The molecule has 0 aliphatic carbocycles. The Hall–Kier alpha value is -1.00. The van der Waals surface area contributed by atoms with Gasteiger partial charge in [-0.3, -0.25) is 0 Å². The Kier molecular flexibility index (Phi) is 6.38. The van der Waals surface area contributed by atoms with Crippen molar-refractivity contribution in [2.24, 2.45) is 5.73 Å². The topological polar surface area (TPSA) is 110 Å². The highest BCUT2D eigenvalue weighted by Gasteiger charge is 2.28. The maximum absolute atomic E-state index is 12.7. The van der Waals surface area contributed by atoms with Crippen LogP contribution in [0.15, 0.2) is 28.0 Å². The van der Waals surface area contributed by atoms with Crippen LogP contribution < -0.4 is 10.5 Å². The Morgan fingerprint density at radius 3 is 2.42 bits per heavy atom. The van der Waals surface area contributed by atoms with Gasteiger partial charge in [-0.05, 0) is 50.4 Å². The summed E-state index contributed by atoms with van der Waals surface area (Å²) in [4.78, 5) is 0.0202. The minimum Gasteiger partial charge on any atom is -0.330 e. The highest BCUT2D eigenvalue weighted by atomic mass is 32.2. The molecule has 1 aromatic carbocycles. The lowest BCUT2D eigenvalue weighted by atomic mass is 10.2. The predicted molar refractivity (Wildman–Crippen MR) is 92.6 cm³/mol. The Balaban J connectivity index is 2.34. The van der Waals surface area contributed by atoms with Crippen molar-refractivity contribution < 1.29 is 16.8 Å². The molecule has 7 nitrogen and oxygen atoms in total. The number of benzene rings is 1. The Morgan fingerprint density at radius 2 is 1.79 bits per heavy atom. The first kappa shape index (κ1) is 19.3. The van der Waals surface area contributed by atoms with E-state index in [0.29, 0.717) is 31.6 Å². The summed E-state index contributed by atoms with van der Waals surface area (Å²) in [6, 6.07) is 4.26. The van der Waals surface area contributed by atoms with Crippen LogP contribution >= 0.6 is 0 Å². The Labute approximate surface area is 144 Å². The summed E-state index contributed by atoms with van der Waals surface area (Å²) in [6.45, 7) is 3.21. The largest absolute Gasteiger partial charge is 0.330 e. The zero-order valence-corrected chi connectivity index (χ0v) is 15.5. The molecule has 0 amide bonds. The third-order valence-electron chi connectivity index (χ3n) is 4.07. The van der Waals surface area contributed by atoms with Gasteiger partial charge in [0.2, 0.25) is 20.0 Å². The number of rotatable bonds is 7. The van der Waals surface area contributed by atoms with Gasteiger partial charge in [0.25, 0.3) is 0 Å². The highest BCUT2D eigenvalue weighted by molar-refractivity contribution is 7.90. The van der Waals surface area contributed by atoms with Crippen LogP contribution in [0.1, 0.15) is 31.2 Å².